The molecule has 3 atom stereocenters. The van der Waals surface area contributed by atoms with Crippen molar-refractivity contribution in [1.82, 2.24) is 10.2 Å². The van der Waals surface area contributed by atoms with Gasteiger partial charge in [-0.25, -0.2) is 4.79 Å². The molecule has 0 aromatic rings. The summed E-state index contributed by atoms with van der Waals surface area (Å²) >= 11 is 0. The molecule has 122 valence electrons. The highest BCUT2D eigenvalue weighted by Gasteiger charge is 2.33. The topological polar surface area (TPSA) is 89.9 Å². The van der Waals surface area contributed by atoms with E-state index in [1.54, 1.807) is 4.90 Å². The third kappa shape index (κ3) is 5.53. The lowest BCUT2D eigenvalue weighted by atomic mass is 9.94. The fraction of sp³-hybridized carbons (Fsp3) is 0.867. The van der Waals surface area contributed by atoms with Crippen LogP contribution in [0.2, 0.25) is 0 Å². The Balaban J connectivity index is 2.50. The largest absolute Gasteiger partial charge is 0.481 e. The number of carbonyl (C=O) groups is 2. The van der Waals surface area contributed by atoms with Crippen LogP contribution in [0, 0.1) is 17.8 Å². The molecule has 1 aliphatic heterocycles. The van der Waals surface area contributed by atoms with Crippen molar-refractivity contribution >= 4 is 12.0 Å². The first-order chi connectivity index (χ1) is 9.85. The summed E-state index contributed by atoms with van der Waals surface area (Å²) in [5, 5.41) is 21.1. The maximum absolute atomic E-state index is 12.2. The van der Waals surface area contributed by atoms with Gasteiger partial charge in [-0.1, -0.05) is 20.8 Å². The van der Waals surface area contributed by atoms with Crippen LogP contribution in [0.3, 0.4) is 0 Å². The van der Waals surface area contributed by atoms with Gasteiger partial charge in [0.05, 0.1) is 12.6 Å². The van der Waals surface area contributed by atoms with Gasteiger partial charge in [0, 0.05) is 19.5 Å². The Bertz CT molecular complexity index is 360. The Morgan fingerprint density at radius 1 is 1.38 bits per heavy atom. The van der Waals surface area contributed by atoms with Crippen molar-refractivity contribution in [3.8, 4) is 0 Å². The predicted octanol–water partition coefficient (Wildman–Crippen LogP) is 1.54. The first-order valence-corrected chi connectivity index (χ1v) is 7.72. The Morgan fingerprint density at radius 3 is 2.57 bits per heavy atom. The quantitative estimate of drug-likeness (QED) is 0.665. The Kier molecular flexibility index (Phi) is 6.95. The average Bonchev–Trinajstić information content (AvgIpc) is 2.75. The normalized spacial score (nSPS) is 23.4. The monoisotopic (exact) mass is 300 g/mol. The summed E-state index contributed by atoms with van der Waals surface area (Å²) in [6.45, 7) is 7.10. The van der Waals surface area contributed by atoms with Gasteiger partial charge in [0.2, 0.25) is 0 Å². The zero-order valence-corrected chi connectivity index (χ0v) is 13.2. The summed E-state index contributed by atoms with van der Waals surface area (Å²) in [6, 6.07) is -0.328. The summed E-state index contributed by atoms with van der Waals surface area (Å²) in [6.07, 6.45) is 1.73. The van der Waals surface area contributed by atoms with Crippen LogP contribution in [-0.2, 0) is 4.79 Å². The van der Waals surface area contributed by atoms with E-state index in [9.17, 15) is 14.7 Å². The molecule has 3 unspecified atom stereocenters. The van der Waals surface area contributed by atoms with E-state index in [1.165, 1.54) is 0 Å². The number of amides is 2. The van der Waals surface area contributed by atoms with Gasteiger partial charge < -0.3 is 20.4 Å². The number of carbonyl (C=O) groups excluding carboxylic acids is 1. The van der Waals surface area contributed by atoms with Crippen LogP contribution in [0.4, 0.5) is 4.79 Å². The summed E-state index contributed by atoms with van der Waals surface area (Å²) in [7, 11) is 0. The number of carboxylic acid groups (broad SMARTS) is 1. The van der Waals surface area contributed by atoms with Crippen LogP contribution >= 0.6 is 0 Å². The molecule has 1 rings (SSSR count). The van der Waals surface area contributed by atoms with E-state index in [4.69, 9.17) is 5.11 Å². The lowest BCUT2D eigenvalue weighted by Gasteiger charge is -2.26. The summed E-state index contributed by atoms with van der Waals surface area (Å²) in [5.41, 5.74) is 0. The molecule has 0 radical (unpaired) electrons. The number of urea groups is 1. The molecule has 3 N–H and O–H groups in total. The minimum Gasteiger partial charge on any atom is -0.481 e. The van der Waals surface area contributed by atoms with Gasteiger partial charge >= 0.3 is 12.0 Å². The number of aliphatic hydroxyl groups excluding tert-OH is 1. The molecule has 0 aromatic carbocycles. The van der Waals surface area contributed by atoms with Gasteiger partial charge in [-0.15, -0.1) is 0 Å². The summed E-state index contributed by atoms with van der Waals surface area (Å²) in [5.74, 6) is -0.202. The van der Waals surface area contributed by atoms with Crippen molar-refractivity contribution in [2.24, 2.45) is 17.8 Å². The van der Waals surface area contributed by atoms with E-state index in [-0.39, 0.29) is 31.0 Å². The third-order valence-electron chi connectivity index (χ3n) is 4.14. The second-order valence-electron chi connectivity index (χ2n) is 6.49. The predicted molar refractivity (Wildman–Crippen MR) is 80.0 cm³/mol. The number of hydrogen-bond donors (Lipinski definition) is 3. The Morgan fingerprint density at radius 2 is 2.05 bits per heavy atom. The second-order valence-corrected chi connectivity index (χ2v) is 6.49. The molecule has 0 spiro atoms. The van der Waals surface area contributed by atoms with Crippen molar-refractivity contribution in [2.45, 2.75) is 46.1 Å². The van der Waals surface area contributed by atoms with Crippen LogP contribution in [0.15, 0.2) is 0 Å². The van der Waals surface area contributed by atoms with E-state index >= 15 is 0 Å². The third-order valence-corrected chi connectivity index (χ3v) is 4.14. The first-order valence-electron chi connectivity index (χ1n) is 7.72. The van der Waals surface area contributed by atoms with Gasteiger partial charge in [0.25, 0.3) is 0 Å². The van der Waals surface area contributed by atoms with E-state index in [0.717, 1.165) is 12.8 Å². The number of aliphatic hydroxyl groups is 1. The highest BCUT2D eigenvalue weighted by atomic mass is 16.4. The molecule has 1 fully saturated rings. The SMILES string of the molecule is CC(C)CC(CNC(=O)N1CCC(C)C1CO)CC(=O)O. The average molecular weight is 300 g/mol. The summed E-state index contributed by atoms with van der Waals surface area (Å²) in [4.78, 5) is 24.7. The zero-order valence-electron chi connectivity index (χ0n) is 13.2. The van der Waals surface area contributed by atoms with Gasteiger partial charge in [0.1, 0.15) is 0 Å². The summed E-state index contributed by atoms with van der Waals surface area (Å²) < 4.78 is 0. The molecule has 6 nitrogen and oxygen atoms in total. The van der Waals surface area contributed by atoms with Crippen LogP contribution in [0.1, 0.15) is 40.0 Å². The van der Waals surface area contributed by atoms with Gasteiger partial charge in [0.15, 0.2) is 0 Å². The first kappa shape index (κ1) is 17.8. The van der Waals surface area contributed by atoms with Crippen molar-refractivity contribution in [2.75, 3.05) is 19.7 Å². The van der Waals surface area contributed by atoms with Crippen LogP contribution < -0.4 is 5.32 Å². The lowest BCUT2D eigenvalue weighted by molar-refractivity contribution is -0.138. The molecule has 0 aromatic heterocycles. The molecule has 1 saturated heterocycles. The molecule has 21 heavy (non-hydrogen) atoms. The highest BCUT2D eigenvalue weighted by molar-refractivity contribution is 5.75. The lowest BCUT2D eigenvalue weighted by Crippen LogP contribution is -2.46. The minimum atomic E-state index is -0.835. The number of likely N-dealkylation sites (tertiary alicyclic amines) is 1. The highest BCUT2D eigenvalue weighted by Crippen LogP contribution is 2.23. The minimum absolute atomic E-state index is 0.0286. The van der Waals surface area contributed by atoms with Gasteiger partial charge in [-0.3, -0.25) is 4.79 Å². The number of aliphatic carboxylic acids is 1. The molecule has 0 aliphatic carbocycles. The van der Waals surface area contributed by atoms with Gasteiger partial charge in [-0.2, -0.15) is 0 Å². The Hall–Kier alpha value is -1.30. The molecule has 0 bridgehead atoms. The fourth-order valence-electron chi connectivity index (χ4n) is 3.02. The van der Waals surface area contributed by atoms with Crippen LogP contribution in [-0.4, -0.2) is 52.9 Å². The van der Waals surface area contributed by atoms with Crippen LogP contribution in [0.5, 0.6) is 0 Å². The van der Waals surface area contributed by atoms with Crippen molar-refractivity contribution in [3.63, 3.8) is 0 Å². The second kappa shape index (κ2) is 8.22. The Labute approximate surface area is 126 Å². The smallest absolute Gasteiger partial charge is 0.317 e. The standard InChI is InChI=1S/C15H28N2O4/c1-10(2)6-12(7-14(19)20)8-16-15(21)17-5-4-11(3)13(17)9-18/h10-13,18H,4-9H2,1-3H3,(H,16,21)(H,19,20). The number of carboxylic acids is 1. The van der Waals surface area contributed by atoms with Crippen molar-refractivity contribution in [3.05, 3.63) is 0 Å². The maximum Gasteiger partial charge on any atom is 0.317 e. The van der Waals surface area contributed by atoms with Crippen LogP contribution in [0.25, 0.3) is 0 Å². The molecular formula is C15H28N2O4. The molecule has 1 aliphatic rings. The molecule has 1 heterocycles. The number of nitrogens with zero attached hydrogens (tertiary/aromatic N) is 1. The molecular weight excluding hydrogens is 272 g/mol. The van der Waals surface area contributed by atoms with E-state index < -0.39 is 5.97 Å². The number of nitrogens with one attached hydrogen (secondary N) is 1. The zero-order chi connectivity index (χ0) is 16.0. The van der Waals surface area contributed by atoms with E-state index in [0.29, 0.717) is 24.9 Å². The molecule has 6 heteroatoms. The maximum atomic E-state index is 12.2. The molecule has 2 amide bonds. The van der Waals surface area contributed by atoms with Crippen molar-refractivity contribution in [1.29, 1.82) is 0 Å². The van der Waals surface area contributed by atoms with E-state index in [2.05, 4.69) is 5.32 Å². The fourth-order valence-corrected chi connectivity index (χ4v) is 3.02. The van der Waals surface area contributed by atoms with Crippen molar-refractivity contribution < 1.29 is 19.8 Å². The molecule has 0 saturated carbocycles. The van der Waals surface area contributed by atoms with Gasteiger partial charge in [-0.05, 0) is 30.6 Å². The number of rotatable bonds is 7. The number of hydrogen-bond acceptors (Lipinski definition) is 3. The van der Waals surface area contributed by atoms with E-state index in [1.807, 2.05) is 20.8 Å².